The van der Waals surface area contributed by atoms with Crippen molar-refractivity contribution in [3.63, 3.8) is 0 Å². The summed E-state index contributed by atoms with van der Waals surface area (Å²) in [5.74, 6) is 0.376. The lowest BCUT2D eigenvalue weighted by Gasteiger charge is -2.21. The van der Waals surface area contributed by atoms with Gasteiger partial charge < -0.3 is 10.2 Å². The molecule has 1 aliphatic rings. The first kappa shape index (κ1) is 17.5. The monoisotopic (exact) mass is 338 g/mol. The van der Waals surface area contributed by atoms with Crippen LogP contribution in [0.3, 0.4) is 0 Å². The van der Waals surface area contributed by atoms with Crippen LogP contribution < -0.4 is 10.2 Å². The van der Waals surface area contributed by atoms with Crippen LogP contribution in [0, 0.1) is 5.92 Å². The number of hydrogen-bond acceptors (Lipinski definition) is 2. The summed E-state index contributed by atoms with van der Waals surface area (Å²) in [6.07, 6.45) is 6.56. The van der Waals surface area contributed by atoms with Gasteiger partial charge in [-0.1, -0.05) is 49.6 Å². The van der Waals surface area contributed by atoms with E-state index in [0.717, 1.165) is 29.3 Å². The lowest BCUT2D eigenvalue weighted by Crippen LogP contribution is -2.38. The predicted octanol–water partition coefficient (Wildman–Crippen LogP) is 3.89. The Balaban J connectivity index is 1.53. The highest BCUT2D eigenvalue weighted by atomic mass is 16.2. The largest absolute Gasteiger partial charge is 0.347 e. The molecule has 0 atom stereocenters. The van der Waals surface area contributed by atoms with Crippen LogP contribution in [-0.2, 0) is 9.59 Å². The second kappa shape index (κ2) is 8.15. The van der Waals surface area contributed by atoms with Crippen LogP contribution in [0.4, 0.5) is 5.69 Å². The molecule has 1 fully saturated rings. The Morgan fingerprint density at radius 2 is 1.76 bits per heavy atom. The molecule has 0 spiro atoms. The van der Waals surface area contributed by atoms with Gasteiger partial charge in [0.2, 0.25) is 11.8 Å². The maximum atomic E-state index is 12.4. The van der Waals surface area contributed by atoms with Crippen molar-refractivity contribution >= 4 is 28.3 Å². The van der Waals surface area contributed by atoms with Gasteiger partial charge in [0.1, 0.15) is 0 Å². The summed E-state index contributed by atoms with van der Waals surface area (Å²) in [7, 11) is 1.75. The van der Waals surface area contributed by atoms with E-state index >= 15 is 0 Å². The van der Waals surface area contributed by atoms with E-state index in [-0.39, 0.29) is 18.4 Å². The third-order valence-electron chi connectivity index (χ3n) is 5.13. The third kappa shape index (κ3) is 4.59. The quantitative estimate of drug-likeness (QED) is 0.899. The molecule has 2 aromatic carbocycles. The van der Waals surface area contributed by atoms with Gasteiger partial charge in [0.05, 0.1) is 6.54 Å². The first-order chi connectivity index (χ1) is 12.1. The molecule has 132 valence electrons. The molecule has 2 amide bonds. The molecule has 0 unspecified atom stereocenters. The molecule has 25 heavy (non-hydrogen) atoms. The SMILES string of the molecule is CN(C(=O)CNC(=O)CC1CCCCC1)c1ccc2ccccc2c1. The van der Waals surface area contributed by atoms with E-state index in [1.807, 2.05) is 42.5 Å². The molecule has 0 aromatic heterocycles. The predicted molar refractivity (Wildman–Crippen MR) is 102 cm³/mol. The molecular formula is C21H26N2O2. The van der Waals surface area contributed by atoms with E-state index in [4.69, 9.17) is 0 Å². The van der Waals surface area contributed by atoms with E-state index in [2.05, 4.69) is 5.32 Å². The Hall–Kier alpha value is -2.36. The molecule has 0 radical (unpaired) electrons. The standard InChI is InChI=1S/C21H26N2O2/c1-23(19-12-11-17-9-5-6-10-18(17)14-19)21(25)15-22-20(24)13-16-7-3-2-4-8-16/h5-6,9-12,14,16H,2-4,7-8,13,15H2,1H3,(H,22,24). The Morgan fingerprint density at radius 1 is 1.04 bits per heavy atom. The van der Waals surface area contributed by atoms with Gasteiger partial charge in [0.15, 0.2) is 0 Å². The van der Waals surface area contributed by atoms with Crippen LogP contribution in [0.1, 0.15) is 38.5 Å². The van der Waals surface area contributed by atoms with Crippen molar-refractivity contribution in [1.29, 1.82) is 0 Å². The maximum Gasteiger partial charge on any atom is 0.246 e. The number of benzene rings is 2. The number of rotatable bonds is 5. The van der Waals surface area contributed by atoms with Gasteiger partial charge in [0.25, 0.3) is 0 Å². The van der Waals surface area contributed by atoms with Gasteiger partial charge in [-0.3, -0.25) is 9.59 Å². The molecule has 0 heterocycles. The summed E-state index contributed by atoms with van der Waals surface area (Å²) < 4.78 is 0. The number of nitrogens with one attached hydrogen (secondary N) is 1. The smallest absolute Gasteiger partial charge is 0.246 e. The van der Waals surface area contributed by atoms with Crippen LogP contribution in [-0.4, -0.2) is 25.4 Å². The van der Waals surface area contributed by atoms with E-state index in [1.165, 1.54) is 19.3 Å². The highest BCUT2D eigenvalue weighted by Crippen LogP contribution is 2.26. The number of anilines is 1. The fraction of sp³-hybridized carbons (Fsp3) is 0.429. The summed E-state index contributed by atoms with van der Waals surface area (Å²) in [5.41, 5.74) is 0.838. The van der Waals surface area contributed by atoms with Gasteiger partial charge in [-0.15, -0.1) is 0 Å². The zero-order valence-electron chi connectivity index (χ0n) is 14.8. The van der Waals surface area contributed by atoms with Crippen molar-refractivity contribution in [3.05, 3.63) is 42.5 Å². The van der Waals surface area contributed by atoms with Crippen LogP contribution in [0.25, 0.3) is 10.8 Å². The molecule has 1 aliphatic carbocycles. The minimum Gasteiger partial charge on any atom is -0.347 e. The first-order valence-electron chi connectivity index (χ1n) is 9.15. The van der Waals surface area contributed by atoms with Crippen molar-refractivity contribution in [2.45, 2.75) is 38.5 Å². The molecule has 4 heteroatoms. The van der Waals surface area contributed by atoms with Crippen LogP contribution in [0.2, 0.25) is 0 Å². The van der Waals surface area contributed by atoms with Gasteiger partial charge in [-0.25, -0.2) is 0 Å². The summed E-state index contributed by atoms with van der Waals surface area (Å²) in [6.45, 7) is 0.0505. The number of fused-ring (bicyclic) bond motifs is 1. The molecule has 0 bridgehead atoms. The van der Waals surface area contributed by atoms with E-state index in [1.54, 1.807) is 11.9 Å². The van der Waals surface area contributed by atoms with Gasteiger partial charge >= 0.3 is 0 Å². The van der Waals surface area contributed by atoms with E-state index < -0.39 is 0 Å². The van der Waals surface area contributed by atoms with E-state index in [0.29, 0.717) is 12.3 Å². The Bertz CT molecular complexity index is 750. The molecular weight excluding hydrogens is 312 g/mol. The normalized spacial score (nSPS) is 15.1. The van der Waals surface area contributed by atoms with Crippen molar-refractivity contribution in [2.24, 2.45) is 5.92 Å². The number of carbonyl (C=O) groups is 2. The Morgan fingerprint density at radius 3 is 2.52 bits per heavy atom. The zero-order chi connectivity index (χ0) is 17.6. The minimum atomic E-state index is -0.104. The van der Waals surface area contributed by atoms with Crippen LogP contribution in [0.5, 0.6) is 0 Å². The molecule has 0 aliphatic heterocycles. The topological polar surface area (TPSA) is 49.4 Å². The first-order valence-corrected chi connectivity index (χ1v) is 9.15. The maximum absolute atomic E-state index is 12.4. The van der Waals surface area contributed by atoms with Gasteiger partial charge in [-0.05, 0) is 41.7 Å². The van der Waals surface area contributed by atoms with E-state index in [9.17, 15) is 9.59 Å². The highest BCUT2D eigenvalue weighted by Gasteiger charge is 2.18. The number of carbonyl (C=O) groups excluding carboxylic acids is 2. The summed E-state index contributed by atoms with van der Waals surface area (Å²) in [6, 6.07) is 14.0. The fourth-order valence-electron chi connectivity index (χ4n) is 3.55. The molecule has 2 aromatic rings. The number of nitrogens with zero attached hydrogens (tertiary/aromatic N) is 1. The summed E-state index contributed by atoms with van der Waals surface area (Å²) in [4.78, 5) is 26.1. The number of amides is 2. The van der Waals surface area contributed by atoms with Crippen molar-refractivity contribution in [2.75, 3.05) is 18.5 Å². The van der Waals surface area contributed by atoms with Crippen LogP contribution in [0.15, 0.2) is 42.5 Å². The highest BCUT2D eigenvalue weighted by molar-refractivity contribution is 5.98. The second-order valence-corrected chi connectivity index (χ2v) is 6.97. The lowest BCUT2D eigenvalue weighted by atomic mass is 9.87. The van der Waals surface area contributed by atoms with Gasteiger partial charge in [-0.2, -0.15) is 0 Å². The van der Waals surface area contributed by atoms with Crippen molar-refractivity contribution in [3.8, 4) is 0 Å². The molecule has 0 saturated heterocycles. The second-order valence-electron chi connectivity index (χ2n) is 6.97. The summed E-state index contributed by atoms with van der Waals surface area (Å²) >= 11 is 0. The number of likely N-dealkylation sites (N-methyl/N-ethyl adjacent to an activating group) is 1. The molecule has 4 nitrogen and oxygen atoms in total. The molecule has 1 N–H and O–H groups in total. The third-order valence-corrected chi connectivity index (χ3v) is 5.13. The Labute approximate surface area is 149 Å². The van der Waals surface area contributed by atoms with Crippen LogP contribution >= 0.6 is 0 Å². The number of hydrogen-bond donors (Lipinski definition) is 1. The minimum absolute atomic E-state index is 0.00726. The van der Waals surface area contributed by atoms with Crippen molar-refractivity contribution in [1.82, 2.24) is 5.32 Å². The average molecular weight is 338 g/mol. The Kier molecular flexibility index (Phi) is 5.69. The lowest BCUT2D eigenvalue weighted by molar-refractivity contribution is -0.125. The molecule has 3 rings (SSSR count). The molecule has 1 saturated carbocycles. The average Bonchev–Trinajstić information content (AvgIpc) is 2.66. The summed E-state index contributed by atoms with van der Waals surface area (Å²) in [5, 5.41) is 5.03. The van der Waals surface area contributed by atoms with Crippen molar-refractivity contribution < 1.29 is 9.59 Å². The van der Waals surface area contributed by atoms with Gasteiger partial charge in [0, 0.05) is 19.2 Å². The zero-order valence-corrected chi connectivity index (χ0v) is 14.8. The fourth-order valence-corrected chi connectivity index (χ4v) is 3.55.